The summed E-state index contributed by atoms with van der Waals surface area (Å²) >= 11 is 0. The molecular formula is C22H21F2N3O2. The van der Waals surface area contributed by atoms with Gasteiger partial charge in [0.15, 0.2) is 0 Å². The van der Waals surface area contributed by atoms with Crippen molar-refractivity contribution in [3.8, 4) is 11.5 Å². The lowest BCUT2D eigenvalue weighted by atomic mass is 9.89. The highest BCUT2D eigenvalue weighted by Gasteiger charge is 2.25. The maximum atomic E-state index is 13.9. The molecule has 0 spiro atoms. The van der Waals surface area contributed by atoms with Gasteiger partial charge in [-0.25, -0.2) is 8.78 Å². The molecule has 1 fully saturated rings. The van der Waals surface area contributed by atoms with Crippen molar-refractivity contribution in [2.45, 2.75) is 26.2 Å². The summed E-state index contributed by atoms with van der Waals surface area (Å²) < 4.78 is 33.1. The molecule has 0 unspecified atom stereocenters. The van der Waals surface area contributed by atoms with Gasteiger partial charge in [-0.1, -0.05) is 6.07 Å². The van der Waals surface area contributed by atoms with Crippen LogP contribution in [0.5, 0.6) is 0 Å². The Labute approximate surface area is 167 Å². The fourth-order valence-corrected chi connectivity index (χ4v) is 3.71. The molecule has 1 aromatic heterocycles. The largest absolute Gasteiger partial charge is 0.421 e. The molecule has 1 amide bonds. The van der Waals surface area contributed by atoms with Crippen LogP contribution in [0.15, 0.2) is 46.9 Å². The summed E-state index contributed by atoms with van der Waals surface area (Å²) in [6, 6.07) is 11.0. The molecule has 0 atom stereocenters. The van der Waals surface area contributed by atoms with Crippen LogP contribution in [0.3, 0.4) is 0 Å². The van der Waals surface area contributed by atoms with E-state index >= 15 is 0 Å². The van der Waals surface area contributed by atoms with E-state index in [9.17, 15) is 13.6 Å². The van der Waals surface area contributed by atoms with Crippen LogP contribution < -0.4 is 0 Å². The standard InChI is InChI=1S/C22H21F2N3O2/c1-14-25-26-21(29-14)16-5-7-17(8-6-16)22(28)27-11-9-15(10-12-27)13-18-19(23)3-2-4-20(18)24/h2-8,15H,9-13H2,1H3. The Kier molecular flexibility index (Phi) is 5.38. The summed E-state index contributed by atoms with van der Waals surface area (Å²) in [5, 5.41) is 7.77. The highest BCUT2D eigenvalue weighted by atomic mass is 19.1. The molecule has 3 aromatic rings. The van der Waals surface area contributed by atoms with Crippen LogP contribution in [0.25, 0.3) is 11.5 Å². The lowest BCUT2D eigenvalue weighted by Crippen LogP contribution is -2.39. The van der Waals surface area contributed by atoms with Gasteiger partial charge in [0, 0.05) is 36.7 Å². The minimum absolute atomic E-state index is 0.0474. The molecule has 0 bridgehead atoms. The molecule has 29 heavy (non-hydrogen) atoms. The number of halogens is 2. The number of hydrogen-bond acceptors (Lipinski definition) is 4. The van der Waals surface area contributed by atoms with Gasteiger partial charge in [0.1, 0.15) is 11.6 Å². The van der Waals surface area contributed by atoms with Crippen LogP contribution in [0.1, 0.15) is 34.7 Å². The Balaban J connectivity index is 1.36. The first-order valence-corrected chi connectivity index (χ1v) is 9.64. The Morgan fingerprint density at radius 1 is 1.07 bits per heavy atom. The smallest absolute Gasteiger partial charge is 0.253 e. The van der Waals surface area contributed by atoms with Crippen LogP contribution in [0.4, 0.5) is 8.78 Å². The van der Waals surface area contributed by atoms with E-state index in [1.807, 2.05) is 0 Å². The van der Waals surface area contributed by atoms with Crippen LogP contribution in [0, 0.1) is 24.5 Å². The number of likely N-dealkylation sites (tertiary alicyclic amines) is 1. The van der Waals surface area contributed by atoms with E-state index in [1.165, 1.54) is 18.2 Å². The third-order valence-corrected chi connectivity index (χ3v) is 5.36. The summed E-state index contributed by atoms with van der Waals surface area (Å²) in [5.74, 6) is 0.0171. The summed E-state index contributed by atoms with van der Waals surface area (Å²) in [7, 11) is 0. The monoisotopic (exact) mass is 397 g/mol. The van der Waals surface area contributed by atoms with Gasteiger partial charge in [-0.3, -0.25) is 4.79 Å². The first-order valence-electron chi connectivity index (χ1n) is 9.64. The molecular weight excluding hydrogens is 376 g/mol. The number of carbonyl (C=O) groups is 1. The lowest BCUT2D eigenvalue weighted by Gasteiger charge is -2.32. The first kappa shape index (κ1) is 19.2. The first-order chi connectivity index (χ1) is 14.0. The number of carbonyl (C=O) groups excluding carboxylic acids is 1. The van der Waals surface area contributed by atoms with Crippen molar-refractivity contribution in [1.82, 2.24) is 15.1 Å². The molecule has 2 aromatic carbocycles. The minimum Gasteiger partial charge on any atom is -0.421 e. The van der Waals surface area contributed by atoms with E-state index in [2.05, 4.69) is 10.2 Å². The zero-order valence-electron chi connectivity index (χ0n) is 16.1. The fourth-order valence-electron chi connectivity index (χ4n) is 3.71. The van der Waals surface area contributed by atoms with Crippen molar-refractivity contribution in [2.75, 3.05) is 13.1 Å². The number of nitrogens with zero attached hydrogens (tertiary/aromatic N) is 3. The minimum atomic E-state index is -0.500. The topological polar surface area (TPSA) is 59.2 Å². The molecule has 2 heterocycles. The van der Waals surface area contributed by atoms with Gasteiger partial charge < -0.3 is 9.32 Å². The summed E-state index contributed by atoms with van der Waals surface area (Å²) in [6.07, 6.45) is 1.80. The number of rotatable bonds is 4. The molecule has 4 rings (SSSR count). The molecule has 5 nitrogen and oxygen atoms in total. The van der Waals surface area contributed by atoms with E-state index in [-0.39, 0.29) is 17.4 Å². The second kappa shape index (κ2) is 8.11. The van der Waals surface area contributed by atoms with Gasteiger partial charge in [0.2, 0.25) is 11.8 Å². The van der Waals surface area contributed by atoms with Crippen LogP contribution >= 0.6 is 0 Å². The summed E-state index contributed by atoms with van der Waals surface area (Å²) in [4.78, 5) is 14.6. The number of benzene rings is 2. The highest BCUT2D eigenvalue weighted by molar-refractivity contribution is 5.94. The third-order valence-electron chi connectivity index (χ3n) is 5.36. The van der Waals surface area contributed by atoms with Crippen molar-refractivity contribution < 1.29 is 18.0 Å². The van der Waals surface area contributed by atoms with Gasteiger partial charge in [-0.2, -0.15) is 0 Å². The summed E-state index contributed by atoms with van der Waals surface area (Å²) in [6.45, 7) is 2.87. The van der Waals surface area contributed by atoms with E-state index in [4.69, 9.17) is 4.42 Å². The number of hydrogen-bond donors (Lipinski definition) is 0. The fraction of sp³-hybridized carbons (Fsp3) is 0.318. The van der Waals surface area contributed by atoms with Gasteiger partial charge in [0.25, 0.3) is 5.91 Å². The third kappa shape index (κ3) is 4.18. The number of amides is 1. The maximum Gasteiger partial charge on any atom is 0.253 e. The zero-order valence-corrected chi connectivity index (χ0v) is 16.1. The Hall–Kier alpha value is -3.09. The van der Waals surface area contributed by atoms with Gasteiger partial charge in [0.05, 0.1) is 0 Å². The lowest BCUT2D eigenvalue weighted by molar-refractivity contribution is 0.0689. The number of piperidine rings is 1. The van der Waals surface area contributed by atoms with Crippen molar-refractivity contribution in [2.24, 2.45) is 5.92 Å². The van der Waals surface area contributed by atoms with Crippen LogP contribution in [0.2, 0.25) is 0 Å². The normalized spacial score (nSPS) is 14.9. The average molecular weight is 397 g/mol. The molecule has 0 saturated carbocycles. The second-order valence-corrected chi connectivity index (χ2v) is 7.34. The van der Waals surface area contributed by atoms with Crippen molar-refractivity contribution in [3.05, 3.63) is 71.1 Å². The SMILES string of the molecule is Cc1nnc(-c2ccc(C(=O)N3CCC(Cc4c(F)cccc4F)CC3)cc2)o1. The van der Waals surface area contributed by atoms with E-state index in [0.29, 0.717) is 36.9 Å². The highest BCUT2D eigenvalue weighted by Crippen LogP contribution is 2.26. The van der Waals surface area contributed by atoms with E-state index < -0.39 is 11.6 Å². The number of aromatic nitrogens is 2. The van der Waals surface area contributed by atoms with Gasteiger partial charge >= 0.3 is 0 Å². The Morgan fingerprint density at radius 2 is 1.72 bits per heavy atom. The molecule has 1 aliphatic heterocycles. The van der Waals surface area contributed by atoms with Crippen molar-refractivity contribution in [1.29, 1.82) is 0 Å². The molecule has 150 valence electrons. The maximum absolute atomic E-state index is 13.9. The molecule has 0 radical (unpaired) electrons. The predicted molar refractivity (Wildman–Crippen MR) is 103 cm³/mol. The van der Waals surface area contributed by atoms with Crippen molar-refractivity contribution >= 4 is 5.91 Å². The van der Waals surface area contributed by atoms with Gasteiger partial charge in [-0.15, -0.1) is 10.2 Å². The van der Waals surface area contributed by atoms with Crippen molar-refractivity contribution in [3.63, 3.8) is 0 Å². The quantitative estimate of drug-likeness (QED) is 0.654. The van der Waals surface area contributed by atoms with Crippen LogP contribution in [-0.2, 0) is 6.42 Å². The number of aryl methyl sites for hydroxylation is 1. The Bertz CT molecular complexity index is 989. The predicted octanol–water partition coefficient (Wildman–Crippen LogP) is 4.42. The van der Waals surface area contributed by atoms with E-state index in [1.54, 1.807) is 36.1 Å². The molecule has 1 saturated heterocycles. The second-order valence-electron chi connectivity index (χ2n) is 7.34. The van der Waals surface area contributed by atoms with E-state index in [0.717, 1.165) is 18.4 Å². The molecule has 7 heteroatoms. The summed E-state index contributed by atoms with van der Waals surface area (Å²) in [5.41, 5.74) is 1.49. The van der Waals surface area contributed by atoms with Crippen LogP contribution in [-0.4, -0.2) is 34.1 Å². The molecule has 1 aliphatic rings. The average Bonchev–Trinajstić information content (AvgIpc) is 3.17. The molecule has 0 N–H and O–H groups in total. The van der Waals surface area contributed by atoms with Gasteiger partial charge in [-0.05, 0) is 61.6 Å². The molecule has 0 aliphatic carbocycles. The Morgan fingerprint density at radius 3 is 2.31 bits per heavy atom. The zero-order chi connectivity index (χ0) is 20.4.